The van der Waals surface area contributed by atoms with Crippen LogP contribution in [0.4, 0.5) is 0 Å². The molecule has 0 aromatic carbocycles. The van der Waals surface area contributed by atoms with E-state index in [2.05, 4.69) is 29.5 Å². The van der Waals surface area contributed by atoms with Crippen molar-refractivity contribution in [3.05, 3.63) is 0 Å². The van der Waals surface area contributed by atoms with Crippen LogP contribution in [0, 0.1) is 0 Å². The Morgan fingerprint density at radius 2 is 2.17 bits per heavy atom. The monoisotopic (exact) mass is 226 g/mol. The molecule has 0 N–H and O–H groups in total. The van der Waals surface area contributed by atoms with Crippen LogP contribution in [0.1, 0.15) is 22.6 Å². The van der Waals surface area contributed by atoms with Crippen LogP contribution in [0.2, 0.25) is 0 Å². The van der Waals surface area contributed by atoms with Crippen LogP contribution in [0.15, 0.2) is 0 Å². The molecule has 6 heavy (non-hydrogen) atoms. The summed E-state index contributed by atoms with van der Waals surface area (Å²) in [5, 5.41) is 0. The van der Waals surface area contributed by atoms with Crippen molar-refractivity contribution in [1.82, 2.24) is 0 Å². The van der Waals surface area contributed by atoms with E-state index in [1.54, 1.807) is 0 Å². The Bertz CT molecular complexity index is 21.5. The molecule has 0 aliphatic heterocycles. The van der Waals surface area contributed by atoms with Gasteiger partial charge in [0, 0.05) is 0 Å². The van der Waals surface area contributed by atoms with Crippen LogP contribution in [0.5, 0.6) is 0 Å². The molecule has 0 aromatic rings. The van der Waals surface area contributed by atoms with E-state index < -0.39 is 0 Å². The van der Waals surface area contributed by atoms with Gasteiger partial charge < -0.3 is 2.85 Å². The number of hydrogen-bond acceptors (Lipinski definition) is 0. The predicted molar refractivity (Wildman–Crippen MR) is 41.8 cm³/mol. The average molecular weight is 226 g/mol. The number of rotatable bonds is 2. The van der Waals surface area contributed by atoms with Gasteiger partial charge in [0.15, 0.2) is 0 Å². The molecule has 0 fully saturated rings. The second-order valence-corrected chi connectivity index (χ2v) is 2.12. The van der Waals surface area contributed by atoms with Gasteiger partial charge in [0.2, 0.25) is 0 Å². The molecule has 0 unspecified atom stereocenters. The van der Waals surface area contributed by atoms with Crippen LogP contribution in [-0.2, 0) is 0 Å². The SMILES string of the molecule is CCCCI.[Ca+2].[H-].[H-]. The molecule has 0 aromatic heterocycles. The van der Waals surface area contributed by atoms with E-state index in [1.807, 2.05) is 0 Å². The molecule has 0 saturated heterocycles. The number of unbranched alkanes of at least 4 members (excludes halogenated alkanes) is 1. The molecule has 0 spiro atoms. The second kappa shape index (κ2) is 10.1. The Kier molecular flexibility index (Phi) is 18.3. The Morgan fingerprint density at radius 1 is 1.67 bits per heavy atom. The van der Waals surface area contributed by atoms with Crippen LogP contribution >= 0.6 is 22.6 Å². The maximum absolute atomic E-state index is 2.39. The minimum atomic E-state index is 0. The van der Waals surface area contributed by atoms with Crippen molar-refractivity contribution in [1.29, 1.82) is 0 Å². The first-order valence-corrected chi connectivity index (χ1v) is 3.50. The zero-order valence-corrected chi connectivity index (χ0v) is 8.57. The second-order valence-electron chi connectivity index (χ2n) is 1.04. The van der Waals surface area contributed by atoms with E-state index in [0.717, 1.165) is 0 Å². The molecule has 0 saturated carbocycles. The molecular weight excluding hydrogens is 215 g/mol. The van der Waals surface area contributed by atoms with Crippen molar-refractivity contribution in [2.24, 2.45) is 0 Å². The molecule has 0 aliphatic rings. The Hall–Kier alpha value is 1.99. The molecule has 0 nitrogen and oxygen atoms in total. The standard InChI is InChI=1S/C4H9I.Ca.2H/c1-2-3-4-5;;;/h2-4H2,1H3;;;/q;+2;2*-1. The summed E-state index contributed by atoms with van der Waals surface area (Å²) in [6.07, 6.45) is 2.71. The molecule has 0 atom stereocenters. The smallest absolute Gasteiger partial charge is 1.00 e. The fourth-order valence-corrected chi connectivity index (χ4v) is 0.896. The Labute approximate surface area is 86.2 Å². The topological polar surface area (TPSA) is 0 Å². The van der Waals surface area contributed by atoms with Crippen LogP contribution in [0.25, 0.3) is 0 Å². The van der Waals surface area contributed by atoms with Gasteiger partial charge in [-0.3, -0.25) is 0 Å². The average Bonchev–Trinajstić information content (AvgIpc) is 1.41. The molecule has 0 aliphatic carbocycles. The van der Waals surface area contributed by atoms with Gasteiger partial charge in [-0.15, -0.1) is 0 Å². The number of hydrogen-bond donors (Lipinski definition) is 0. The molecule has 0 amide bonds. The normalized spacial score (nSPS) is 7.00. The third-order valence-corrected chi connectivity index (χ3v) is 1.25. The molecule has 0 rings (SSSR count). The zero-order valence-electron chi connectivity index (χ0n) is 6.21. The van der Waals surface area contributed by atoms with Crippen LogP contribution < -0.4 is 0 Å². The van der Waals surface area contributed by atoms with Crippen molar-refractivity contribution >= 4 is 60.3 Å². The van der Waals surface area contributed by atoms with Gasteiger partial charge >= 0.3 is 37.7 Å². The van der Waals surface area contributed by atoms with Gasteiger partial charge in [0.05, 0.1) is 0 Å². The van der Waals surface area contributed by atoms with E-state index in [1.165, 1.54) is 17.3 Å². The van der Waals surface area contributed by atoms with Gasteiger partial charge in [-0.05, 0) is 10.8 Å². The van der Waals surface area contributed by atoms with E-state index in [-0.39, 0.29) is 40.6 Å². The first kappa shape index (κ1) is 10.9. The zero-order chi connectivity index (χ0) is 4.12. The summed E-state index contributed by atoms with van der Waals surface area (Å²) < 4.78 is 1.31. The third-order valence-electron chi connectivity index (χ3n) is 0.487. The Morgan fingerprint density at radius 3 is 2.17 bits per heavy atom. The van der Waals surface area contributed by atoms with Crippen molar-refractivity contribution in [2.75, 3.05) is 4.43 Å². The first-order valence-electron chi connectivity index (χ1n) is 1.97. The van der Waals surface area contributed by atoms with Crippen LogP contribution in [-0.4, -0.2) is 42.2 Å². The summed E-state index contributed by atoms with van der Waals surface area (Å²) in [6, 6.07) is 0. The first-order chi connectivity index (χ1) is 2.41. The summed E-state index contributed by atoms with van der Waals surface area (Å²) in [7, 11) is 0. The fourth-order valence-electron chi connectivity index (χ4n) is 0.134. The van der Waals surface area contributed by atoms with E-state index in [0.29, 0.717) is 0 Å². The maximum Gasteiger partial charge on any atom is 2.00 e. The van der Waals surface area contributed by atoms with Gasteiger partial charge in [-0.25, -0.2) is 0 Å². The van der Waals surface area contributed by atoms with Gasteiger partial charge in [0.1, 0.15) is 0 Å². The fraction of sp³-hybridized carbons (Fsp3) is 1.00. The number of halogens is 1. The minimum absolute atomic E-state index is 0. The van der Waals surface area contributed by atoms with Crippen molar-refractivity contribution < 1.29 is 2.85 Å². The van der Waals surface area contributed by atoms with Gasteiger partial charge in [0.25, 0.3) is 0 Å². The third kappa shape index (κ3) is 9.37. The van der Waals surface area contributed by atoms with E-state index in [9.17, 15) is 0 Å². The molecular formula is C4H11CaI. The van der Waals surface area contributed by atoms with E-state index >= 15 is 0 Å². The predicted octanol–water partition coefficient (Wildman–Crippen LogP) is 2.07. The summed E-state index contributed by atoms with van der Waals surface area (Å²) in [5.74, 6) is 0. The van der Waals surface area contributed by atoms with Gasteiger partial charge in [-0.1, -0.05) is 35.9 Å². The van der Waals surface area contributed by atoms with Crippen LogP contribution in [0.3, 0.4) is 0 Å². The summed E-state index contributed by atoms with van der Waals surface area (Å²) in [4.78, 5) is 0. The van der Waals surface area contributed by atoms with Crippen molar-refractivity contribution in [3.8, 4) is 0 Å². The molecule has 2 heteroatoms. The largest absolute Gasteiger partial charge is 2.00 e. The van der Waals surface area contributed by atoms with Gasteiger partial charge in [-0.2, -0.15) is 0 Å². The summed E-state index contributed by atoms with van der Waals surface area (Å²) >= 11 is 2.39. The van der Waals surface area contributed by atoms with Crippen molar-refractivity contribution in [2.45, 2.75) is 19.8 Å². The quantitative estimate of drug-likeness (QED) is 0.384. The molecule has 0 heterocycles. The molecule has 0 bridgehead atoms. The maximum atomic E-state index is 2.39. The van der Waals surface area contributed by atoms with Crippen molar-refractivity contribution in [3.63, 3.8) is 0 Å². The number of alkyl halides is 1. The Balaban J connectivity index is -0.0000000267. The summed E-state index contributed by atoms with van der Waals surface area (Å²) in [6.45, 7) is 2.21. The molecule has 0 radical (unpaired) electrons. The minimum Gasteiger partial charge on any atom is -1.00 e. The molecule has 36 valence electrons. The van der Waals surface area contributed by atoms with E-state index in [4.69, 9.17) is 0 Å². The summed E-state index contributed by atoms with van der Waals surface area (Å²) in [5.41, 5.74) is 0.